The van der Waals surface area contributed by atoms with Crippen LogP contribution in [0.2, 0.25) is 0 Å². The van der Waals surface area contributed by atoms with Gasteiger partial charge < -0.3 is 10.5 Å². The highest BCUT2D eigenvalue weighted by atomic mass is 16.5. The van der Waals surface area contributed by atoms with Crippen LogP contribution in [-0.2, 0) is 10.3 Å². The van der Waals surface area contributed by atoms with Gasteiger partial charge in [0.05, 0.1) is 13.2 Å². The van der Waals surface area contributed by atoms with E-state index in [4.69, 9.17) is 10.5 Å². The van der Waals surface area contributed by atoms with Gasteiger partial charge in [-0.15, -0.1) is 0 Å². The van der Waals surface area contributed by atoms with Crippen molar-refractivity contribution in [2.24, 2.45) is 5.73 Å². The van der Waals surface area contributed by atoms with E-state index in [0.717, 1.165) is 5.56 Å². The van der Waals surface area contributed by atoms with Gasteiger partial charge in [-0.25, -0.2) is 9.97 Å². The molecule has 1 aromatic rings. The van der Waals surface area contributed by atoms with Crippen molar-refractivity contribution >= 4 is 0 Å². The quantitative estimate of drug-likeness (QED) is 0.754. The SMILES string of the molecule is CC(C)c1cnc(C2(N)COC2)nc1. The summed E-state index contributed by atoms with van der Waals surface area (Å²) in [5, 5.41) is 0. The van der Waals surface area contributed by atoms with Gasteiger partial charge in [0.15, 0.2) is 5.82 Å². The third-order valence-electron chi connectivity index (χ3n) is 2.50. The molecule has 2 rings (SSSR count). The molecule has 76 valence electrons. The summed E-state index contributed by atoms with van der Waals surface area (Å²) in [5.74, 6) is 1.14. The summed E-state index contributed by atoms with van der Waals surface area (Å²) in [4.78, 5) is 8.56. The van der Waals surface area contributed by atoms with E-state index in [1.807, 2.05) is 12.4 Å². The molecule has 1 aliphatic rings. The molecule has 4 nitrogen and oxygen atoms in total. The topological polar surface area (TPSA) is 61.0 Å². The van der Waals surface area contributed by atoms with Gasteiger partial charge in [-0.05, 0) is 11.5 Å². The van der Waals surface area contributed by atoms with Gasteiger partial charge in [-0.1, -0.05) is 13.8 Å². The van der Waals surface area contributed by atoms with Crippen molar-refractivity contribution in [1.82, 2.24) is 9.97 Å². The molecule has 1 fully saturated rings. The maximum absolute atomic E-state index is 6.00. The molecule has 2 N–H and O–H groups in total. The zero-order chi connectivity index (χ0) is 10.2. The summed E-state index contributed by atoms with van der Waals surface area (Å²) >= 11 is 0. The Kier molecular flexibility index (Phi) is 2.25. The highest BCUT2D eigenvalue weighted by molar-refractivity contribution is 5.15. The first-order chi connectivity index (χ1) is 6.62. The molecular formula is C10H15N3O. The first-order valence-electron chi connectivity index (χ1n) is 4.81. The van der Waals surface area contributed by atoms with Crippen LogP contribution in [0.4, 0.5) is 0 Å². The fourth-order valence-corrected chi connectivity index (χ4v) is 1.34. The van der Waals surface area contributed by atoms with Crippen molar-refractivity contribution in [2.75, 3.05) is 13.2 Å². The Morgan fingerprint density at radius 3 is 2.29 bits per heavy atom. The lowest BCUT2D eigenvalue weighted by atomic mass is 9.98. The lowest BCUT2D eigenvalue weighted by Crippen LogP contribution is -2.55. The Labute approximate surface area is 83.5 Å². The van der Waals surface area contributed by atoms with Crippen LogP contribution < -0.4 is 5.73 Å². The zero-order valence-corrected chi connectivity index (χ0v) is 8.53. The van der Waals surface area contributed by atoms with E-state index < -0.39 is 5.54 Å². The van der Waals surface area contributed by atoms with E-state index in [0.29, 0.717) is 25.0 Å². The average molecular weight is 193 g/mol. The largest absolute Gasteiger partial charge is 0.376 e. The monoisotopic (exact) mass is 193 g/mol. The van der Waals surface area contributed by atoms with Crippen LogP contribution in [0.5, 0.6) is 0 Å². The minimum atomic E-state index is -0.449. The summed E-state index contributed by atoms with van der Waals surface area (Å²) in [6.07, 6.45) is 3.69. The van der Waals surface area contributed by atoms with Crippen molar-refractivity contribution in [1.29, 1.82) is 0 Å². The molecule has 1 aromatic heterocycles. The summed E-state index contributed by atoms with van der Waals surface area (Å²) in [6.45, 7) is 5.27. The molecule has 0 radical (unpaired) electrons. The van der Waals surface area contributed by atoms with E-state index in [2.05, 4.69) is 23.8 Å². The maximum Gasteiger partial charge on any atom is 0.152 e. The molecule has 1 aliphatic heterocycles. The number of aromatic nitrogens is 2. The van der Waals surface area contributed by atoms with E-state index in [1.54, 1.807) is 0 Å². The highest BCUT2D eigenvalue weighted by Gasteiger charge is 2.38. The standard InChI is InChI=1S/C10H15N3O/c1-7(2)8-3-12-9(13-4-8)10(11)5-14-6-10/h3-4,7H,5-6,11H2,1-2H3. The number of hydrogen-bond acceptors (Lipinski definition) is 4. The molecule has 1 saturated heterocycles. The summed E-state index contributed by atoms with van der Waals surface area (Å²) < 4.78 is 5.06. The lowest BCUT2D eigenvalue weighted by molar-refractivity contribution is -0.0613. The Morgan fingerprint density at radius 1 is 1.36 bits per heavy atom. The number of nitrogens with two attached hydrogens (primary N) is 1. The van der Waals surface area contributed by atoms with Crippen molar-refractivity contribution in [3.05, 3.63) is 23.8 Å². The second-order valence-corrected chi connectivity index (χ2v) is 4.14. The smallest absolute Gasteiger partial charge is 0.152 e. The molecule has 0 aliphatic carbocycles. The molecule has 0 aromatic carbocycles. The molecule has 14 heavy (non-hydrogen) atoms. The van der Waals surface area contributed by atoms with Crippen LogP contribution in [0.25, 0.3) is 0 Å². The van der Waals surface area contributed by atoms with Gasteiger partial charge in [0.2, 0.25) is 0 Å². The van der Waals surface area contributed by atoms with Crippen molar-refractivity contribution in [3.8, 4) is 0 Å². The predicted molar refractivity (Wildman–Crippen MR) is 52.8 cm³/mol. The Morgan fingerprint density at radius 2 is 1.93 bits per heavy atom. The van der Waals surface area contributed by atoms with E-state index >= 15 is 0 Å². The van der Waals surface area contributed by atoms with Gasteiger partial charge in [-0.3, -0.25) is 0 Å². The average Bonchev–Trinajstić information content (AvgIpc) is 2.14. The second-order valence-electron chi connectivity index (χ2n) is 4.14. The van der Waals surface area contributed by atoms with Crippen LogP contribution in [0.3, 0.4) is 0 Å². The first-order valence-corrected chi connectivity index (χ1v) is 4.81. The Bertz CT molecular complexity index is 317. The highest BCUT2D eigenvalue weighted by Crippen LogP contribution is 2.23. The van der Waals surface area contributed by atoms with E-state index in [-0.39, 0.29) is 0 Å². The molecule has 0 bridgehead atoms. The molecule has 4 heteroatoms. The number of ether oxygens (including phenoxy) is 1. The number of rotatable bonds is 2. The number of hydrogen-bond donors (Lipinski definition) is 1. The van der Waals surface area contributed by atoms with Crippen molar-refractivity contribution < 1.29 is 4.74 Å². The third kappa shape index (κ3) is 1.51. The normalized spacial score (nSPS) is 19.4. The molecule has 0 atom stereocenters. The van der Waals surface area contributed by atoms with Crippen LogP contribution in [-0.4, -0.2) is 23.2 Å². The van der Waals surface area contributed by atoms with Crippen LogP contribution >= 0.6 is 0 Å². The van der Waals surface area contributed by atoms with E-state index in [1.165, 1.54) is 0 Å². The van der Waals surface area contributed by atoms with Crippen molar-refractivity contribution in [3.63, 3.8) is 0 Å². The molecule has 0 spiro atoms. The fourth-order valence-electron chi connectivity index (χ4n) is 1.34. The summed E-state index contributed by atoms with van der Waals surface area (Å²) in [5.41, 5.74) is 6.69. The Balaban J connectivity index is 2.21. The number of nitrogens with zero attached hydrogens (tertiary/aromatic N) is 2. The summed E-state index contributed by atoms with van der Waals surface area (Å²) in [7, 11) is 0. The molecule has 0 unspecified atom stereocenters. The van der Waals surface area contributed by atoms with Gasteiger partial charge in [0.1, 0.15) is 5.54 Å². The van der Waals surface area contributed by atoms with Gasteiger partial charge in [-0.2, -0.15) is 0 Å². The molecular weight excluding hydrogens is 178 g/mol. The van der Waals surface area contributed by atoms with Crippen LogP contribution in [0.1, 0.15) is 31.2 Å². The maximum atomic E-state index is 6.00. The lowest BCUT2D eigenvalue weighted by Gasteiger charge is -2.35. The molecule has 0 saturated carbocycles. The molecule has 0 amide bonds. The third-order valence-corrected chi connectivity index (χ3v) is 2.50. The molecule has 2 heterocycles. The zero-order valence-electron chi connectivity index (χ0n) is 8.53. The second kappa shape index (κ2) is 3.29. The minimum absolute atomic E-state index is 0.449. The predicted octanol–water partition coefficient (Wildman–Crippen LogP) is 0.784. The van der Waals surface area contributed by atoms with Crippen LogP contribution in [0.15, 0.2) is 12.4 Å². The van der Waals surface area contributed by atoms with Gasteiger partial charge in [0, 0.05) is 12.4 Å². The fraction of sp³-hybridized carbons (Fsp3) is 0.600. The minimum Gasteiger partial charge on any atom is -0.376 e. The van der Waals surface area contributed by atoms with Crippen LogP contribution in [0, 0.1) is 0 Å². The van der Waals surface area contributed by atoms with E-state index in [9.17, 15) is 0 Å². The Hall–Kier alpha value is -1.00. The van der Waals surface area contributed by atoms with Crippen molar-refractivity contribution in [2.45, 2.75) is 25.3 Å². The summed E-state index contributed by atoms with van der Waals surface area (Å²) in [6, 6.07) is 0. The van der Waals surface area contributed by atoms with Gasteiger partial charge in [0.25, 0.3) is 0 Å². The first kappa shape index (κ1) is 9.55. The van der Waals surface area contributed by atoms with Gasteiger partial charge >= 0.3 is 0 Å².